The number of anilines is 1. The van der Waals surface area contributed by atoms with Crippen molar-refractivity contribution in [2.45, 2.75) is 31.4 Å². The van der Waals surface area contributed by atoms with Crippen molar-refractivity contribution >= 4 is 40.5 Å². The molecule has 0 aliphatic rings. The Kier molecular flexibility index (Phi) is 7.85. The summed E-state index contributed by atoms with van der Waals surface area (Å²) in [5, 5.41) is 12.7. The van der Waals surface area contributed by atoms with Crippen LogP contribution in [0.15, 0.2) is 24.4 Å². The van der Waals surface area contributed by atoms with Gasteiger partial charge in [-0.15, -0.1) is 0 Å². The summed E-state index contributed by atoms with van der Waals surface area (Å²) < 4.78 is 5.31. The summed E-state index contributed by atoms with van der Waals surface area (Å²) in [5.41, 5.74) is 11.1. The lowest BCUT2D eigenvalue weighted by Gasteiger charge is -2.19. The molecule has 1 aromatic carbocycles. The molecule has 0 bridgehead atoms. The first-order valence-corrected chi connectivity index (χ1v) is 9.30. The summed E-state index contributed by atoms with van der Waals surface area (Å²) >= 11 is 0. The Morgan fingerprint density at radius 3 is 2.70 bits per heavy atom. The van der Waals surface area contributed by atoms with Crippen LogP contribution in [0.1, 0.15) is 18.4 Å². The fourth-order valence-corrected chi connectivity index (χ4v) is 3.03. The van der Waals surface area contributed by atoms with Gasteiger partial charge in [-0.05, 0) is 30.2 Å². The summed E-state index contributed by atoms with van der Waals surface area (Å²) in [4.78, 5) is 43.2. The van der Waals surface area contributed by atoms with Gasteiger partial charge < -0.3 is 30.6 Å². The predicted octanol–water partition coefficient (Wildman–Crippen LogP) is 1.01. The minimum atomic E-state index is -1.27. The number of H-pyrrole nitrogens is 1. The second kappa shape index (κ2) is 10.3. The molecule has 0 aliphatic heterocycles. The quantitative estimate of drug-likeness (QED) is 0.283. The van der Waals surface area contributed by atoms with Crippen LogP contribution >= 0.6 is 0 Å². The predicted molar refractivity (Wildman–Crippen MR) is 111 cm³/mol. The number of ether oxygens (including phenoxy) is 1. The van der Waals surface area contributed by atoms with E-state index < -0.39 is 29.8 Å². The molecule has 1 aromatic heterocycles. The van der Waals surface area contributed by atoms with Gasteiger partial charge in [0.1, 0.15) is 12.1 Å². The number of hydrogen-bond donors (Lipinski definition) is 3. The first-order chi connectivity index (χ1) is 14.3. The van der Waals surface area contributed by atoms with Crippen molar-refractivity contribution in [3.63, 3.8) is 0 Å². The SMILES string of the molecule is COC(Cc1c[nH]c2ccc(N(C)C)cc12)C(=O)NC(CCC(=O)C=[N+]=[N-])C(=O)O. The Morgan fingerprint density at radius 1 is 1.37 bits per heavy atom. The molecule has 1 amide bonds. The van der Waals surface area contributed by atoms with Crippen LogP contribution in [0.3, 0.4) is 0 Å². The van der Waals surface area contributed by atoms with E-state index in [9.17, 15) is 19.5 Å². The summed E-state index contributed by atoms with van der Waals surface area (Å²) in [6.07, 6.45) is 1.49. The first-order valence-electron chi connectivity index (χ1n) is 9.30. The lowest BCUT2D eigenvalue weighted by molar-refractivity contribution is -0.144. The van der Waals surface area contributed by atoms with Gasteiger partial charge in [-0.2, -0.15) is 4.79 Å². The molecule has 0 saturated carbocycles. The number of ketones is 1. The number of carbonyl (C=O) groups is 3. The standard InChI is InChI=1S/C20H25N5O5/c1-25(2)13-4-6-16-15(9-13)12(10-22-16)8-18(30-3)19(27)24-17(20(28)29)7-5-14(26)11-23-21/h4,6,9-11,17-18,22H,5,7-8H2,1-3H3,(H,24,27)(H,28,29). The molecule has 2 aromatic rings. The van der Waals surface area contributed by atoms with E-state index in [-0.39, 0.29) is 19.3 Å². The molecule has 10 heteroatoms. The number of carboxylic acid groups (broad SMARTS) is 1. The molecule has 2 unspecified atom stereocenters. The molecule has 3 N–H and O–H groups in total. The van der Waals surface area contributed by atoms with E-state index in [1.54, 1.807) is 6.20 Å². The maximum absolute atomic E-state index is 12.6. The second-order valence-corrected chi connectivity index (χ2v) is 7.02. The maximum atomic E-state index is 12.6. The van der Waals surface area contributed by atoms with Crippen LogP contribution in [0.25, 0.3) is 16.4 Å². The van der Waals surface area contributed by atoms with E-state index >= 15 is 0 Å². The van der Waals surface area contributed by atoms with Gasteiger partial charge in [-0.3, -0.25) is 9.59 Å². The number of hydrogen-bond acceptors (Lipinski definition) is 5. The van der Waals surface area contributed by atoms with Crippen LogP contribution in [-0.2, 0) is 25.5 Å². The normalized spacial score (nSPS) is 12.6. The molecular weight excluding hydrogens is 390 g/mol. The number of carboxylic acids is 1. The van der Waals surface area contributed by atoms with Crippen LogP contribution in [0, 0.1) is 0 Å². The Morgan fingerprint density at radius 2 is 2.10 bits per heavy atom. The lowest BCUT2D eigenvalue weighted by atomic mass is 10.0. The highest BCUT2D eigenvalue weighted by Crippen LogP contribution is 2.25. The molecule has 0 saturated heterocycles. The van der Waals surface area contributed by atoms with Crippen LogP contribution in [0.4, 0.5) is 5.69 Å². The Hall–Kier alpha value is -3.49. The summed E-state index contributed by atoms with van der Waals surface area (Å²) in [7, 11) is 5.24. The Labute approximate surface area is 173 Å². The number of aliphatic carboxylic acids is 1. The van der Waals surface area contributed by atoms with Gasteiger partial charge in [0.05, 0.1) is 0 Å². The zero-order chi connectivity index (χ0) is 22.3. The second-order valence-electron chi connectivity index (χ2n) is 7.02. The number of nitrogens with one attached hydrogen (secondary N) is 2. The number of methoxy groups -OCH3 is 1. The molecule has 2 atom stereocenters. The number of rotatable bonds is 11. The van der Waals surface area contributed by atoms with Gasteiger partial charge in [0.15, 0.2) is 0 Å². The van der Waals surface area contributed by atoms with Gasteiger partial charge in [0.2, 0.25) is 11.7 Å². The largest absolute Gasteiger partial charge is 0.480 e. The number of Topliss-reactive ketones (excluding diaryl/α,β-unsaturated/α-hetero) is 1. The third-order valence-corrected chi connectivity index (χ3v) is 4.75. The summed E-state index contributed by atoms with van der Waals surface area (Å²) in [6.45, 7) is 0. The average molecular weight is 415 g/mol. The number of benzene rings is 1. The third-order valence-electron chi connectivity index (χ3n) is 4.75. The van der Waals surface area contributed by atoms with E-state index in [4.69, 9.17) is 10.3 Å². The number of amides is 1. The highest BCUT2D eigenvalue weighted by molar-refractivity contribution is 6.25. The highest BCUT2D eigenvalue weighted by Gasteiger charge is 2.27. The van der Waals surface area contributed by atoms with Crippen molar-refractivity contribution in [1.82, 2.24) is 10.3 Å². The monoisotopic (exact) mass is 415 g/mol. The van der Waals surface area contributed by atoms with Crippen molar-refractivity contribution in [3.8, 4) is 0 Å². The van der Waals surface area contributed by atoms with E-state index in [1.165, 1.54) is 7.11 Å². The zero-order valence-corrected chi connectivity index (χ0v) is 17.1. The van der Waals surface area contributed by atoms with Gasteiger partial charge in [0, 0.05) is 56.8 Å². The zero-order valence-electron chi connectivity index (χ0n) is 17.1. The number of aromatic amines is 1. The number of fused-ring (bicyclic) bond motifs is 1. The average Bonchev–Trinajstić information content (AvgIpc) is 3.10. The van der Waals surface area contributed by atoms with Crippen molar-refractivity contribution in [3.05, 3.63) is 35.5 Å². The van der Waals surface area contributed by atoms with E-state index in [0.717, 1.165) is 22.2 Å². The van der Waals surface area contributed by atoms with Crippen LogP contribution < -0.4 is 10.2 Å². The molecule has 0 aliphatic carbocycles. The molecule has 0 spiro atoms. The van der Waals surface area contributed by atoms with Crippen molar-refractivity contribution < 1.29 is 29.0 Å². The minimum Gasteiger partial charge on any atom is -0.480 e. The highest BCUT2D eigenvalue weighted by atomic mass is 16.5. The van der Waals surface area contributed by atoms with Crippen LogP contribution in [0.5, 0.6) is 0 Å². The first kappa shape index (κ1) is 22.8. The van der Waals surface area contributed by atoms with Gasteiger partial charge in [0.25, 0.3) is 0 Å². The smallest absolute Gasteiger partial charge is 0.326 e. The Bertz CT molecular complexity index is 977. The molecule has 30 heavy (non-hydrogen) atoms. The molecule has 2 rings (SSSR count). The maximum Gasteiger partial charge on any atom is 0.326 e. The minimum absolute atomic E-state index is 0.137. The fraction of sp³-hybridized carbons (Fsp3) is 0.400. The van der Waals surface area contributed by atoms with Crippen molar-refractivity contribution in [2.24, 2.45) is 0 Å². The molecular formula is C20H25N5O5. The molecule has 10 nitrogen and oxygen atoms in total. The molecule has 1 heterocycles. The van der Waals surface area contributed by atoms with Crippen LogP contribution in [0.2, 0.25) is 0 Å². The summed E-state index contributed by atoms with van der Waals surface area (Å²) in [6, 6.07) is 4.65. The number of nitrogens with zero attached hydrogens (tertiary/aromatic N) is 3. The van der Waals surface area contributed by atoms with E-state index in [2.05, 4.69) is 15.1 Å². The Balaban J connectivity index is 2.12. The van der Waals surface area contributed by atoms with Gasteiger partial charge in [-0.25, -0.2) is 4.79 Å². The van der Waals surface area contributed by atoms with Crippen molar-refractivity contribution in [2.75, 3.05) is 26.1 Å². The number of aromatic nitrogens is 1. The molecule has 0 radical (unpaired) electrons. The van der Waals surface area contributed by atoms with Crippen molar-refractivity contribution in [1.29, 1.82) is 0 Å². The van der Waals surface area contributed by atoms with Gasteiger partial charge >= 0.3 is 12.2 Å². The van der Waals surface area contributed by atoms with E-state index in [1.807, 2.05) is 37.2 Å². The third kappa shape index (κ3) is 5.76. The number of carbonyl (C=O) groups excluding carboxylic acids is 2. The lowest BCUT2D eigenvalue weighted by Crippen LogP contribution is -2.46. The molecule has 0 fully saturated rings. The van der Waals surface area contributed by atoms with Crippen LogP contribution in [-0.4, -0.2) is 72.1 Å². The summed E-state index contributed by atoms with van der Waals surface area (Å²) in [5.74, 6) is -2.40. The fourth-order valence-electron chi connectivity index (χ4n) is 3.03. The topological polar surface area (TPSA) is 148 Å². The molecule has 160 valence electrons. The van der Waals surface area contributed by atoms with Gasteiger partial charge in [-0.1, -0.05) is 0 Å². The van der Waals surface area contributed by atoms with E-state index in [0.29, 0.717) is 6.21 Å².